The van der Waals surface area contributed by atoms with E-state index in [1.165, 1.54) is 6.33 Å². The Kier molecular flexibility index (Phi) is 3.56. The highest BCUT2D eigenvalue weighted by molar-refractivity contribution is 5.78. The zero-order valence-corrected chi connectivity index (χ0v) is 10.3. The van der Waals surface area contributed by atoms with Crippen LogP contribution in [0.25, 0.3) is 0 Å². The smallest absolute Gasteiger partial charge is 0.225 e. The van der Waals surface area contributed by atoms with Gasteiger partial charge in [0.25, 0.3) is 0 Å². The number of hydrogen-bond acceptors (Lipinski definition) is 4. The third-order valence-corrected chi connectivity index (χ3v) is 3.00. The lowest BCUT2D eigenvalue weighted by Crippen LogP contribution is -2.49. The average molecular weight is 234 g/mol. The molecule has 0 aliphatic carbocycles. The van der Waals surface area contributed by atoms with Gasteiger partial charge in [0.05, 0.1) is 18.1 Å². The molecule has 92 valence electrons. The number of hydrogen-bond donors (Lipinski definition) is 0. The van der Waals surface area contributed by atoms with Gasteiger partial charge in [-0.2, -0.15) is 0 Å². The quantitative estimate of drug-likeness (QED) is 0.759. The van der Waals surface area contributed by atoms with E-state index >= 15 is 0 Å². The van der Waals surface area contributed by atoms with Crippen LogP contribution < -0.4 is 4.90 Å². The van der Waals surface area contributed by atoms with Crippen LogP contribution in [0.3, 0.4) is 0 Å². The van der Waals surface area contributed by atoms with Crippen molar-refractivity contribution in [1.82, 2.24) is 14.9 Å². The van der Waals surface area contributed by atoms with Gasteiger partial charge < -0.3 is 9.80 Å². The lowest BCUT2D eigenvalue weighted by Gasteiger charge is -2.36. The third kappa shape index (κ3) is 2.72. The van der Waals surface area contributed by atoms with Gasteiger partial charge in [0.1, 0.15) is 6.33 Å². The molecular formula is C12H18N4O. The molecule has 1 aliphatic rings. The van der Waals surface area contributed by atoms with E-state index in [-0.39, 0.29) is 11.8 Å². The van der Waals surface area contributed by atoms with Crippen molar-refractivity contribution in [2.45, 2.75) is 13.8 Å². The van der Waals surface area contributed by atoms with E-state index in [9.17, 15) is 4.79 Å². The molecule has 1 aromatic rings. The number of aromatic nitrogens is 2. The fourth-order valence-electron chi connectivity index (χ4n) is 2.00. The molecule has 0 atom stereocenters. The third-order valence-electron chi connectivity index (χ3n) is 3.00. The minimum Gasteiger partial charge on any atom is -0.365 e. The fraction of sp³-hybridized carbons (Fsp3) is 0.583. The molecule has 2 heterocycles. The topological polar surface area (TPSA) is 49.3 Å². The minimum absolute atomic E-state index is 0.0848. The normalized spacial score (nSPS) is 16.4. The molecule has 5 nitrogen and oxygen atoms in total. The lowest BCUT2D eigenvalue weighted by atomic mass is 10.1. The van der Waals surface area contributed by atoms with Crippen LogP contribution in [0.5, 0.6) is 0 Å². The minimum atomic E-state index is 0.0848. The Morgan fingerprint density at radius 3 is 2.29 bits per heavy atom. The Morgan fingerprint density at radius 1 is 1.18 bits per heavy atom. The summed E-state index contributed by atoms with van der Waals surface area (Å²) in [6, 6.07) is 0. The number of carbonyl (C=O) groups excluding carboxylic acids is 1. The molecule has 0 spiro atoms. The van der Waals surface area contributed by atoms with Crippen molar-refractivity contribution in [3.63, 3.8) is 0 Å². The molecule has 1 aliphatic heterocycles. The number of nitrogens with zero attached hydrogens (tertiary/aromatic N) is 4. The van der Waals surface area contributed by atoms with Crippen LogP contribution in [0, 0.1) is 5.92 Å². The second-order valence-corrected chi connectivity index (χ2v) is 4.56. The average Bonchev–Trinajstić information content (AvgIpc) is 2.39. The van der Waals surface area contributed by atoms with E-state index in [1.54, 1.807) is 0 Å². The molecule has 0 saturated carbocycles. The summed E-state index contributed by atoms with van der Waals surface area (Å²) >= 11 is 0. The van der Waals surface area contributed by atoms with E-state index < -0.39 is 0 Å². The molecule has 0 unspecified atom stereocenters. The van der Waals surface area contributed by atoms with Gasteiger partial charge in [-0.25, -0.2) is 9.97 Å². The molecule has 0 radical (unpaired) electrons. The molecule has 2 rings (SSSR count). The maximum absolute atomic E-state index is 11.8. The zero-order valence-electron chi connectivity index (χ0n) is 10.3. The van der Waals surface area contributed by atoms with Crippen LogP contribution in [-0.4, -0.2) is 47.0 Å². The Morgan fingerprint density at radius 2 is 1.76 bits per heavy atom. The van der Waals surface area contributed by atoms with Gasteiger partial charge in [0, 0.05) is 32.1 Å². The number of carbonyl (C=O) groups is 1. The molecule has 5 heteroatoms. The van der Waals surface area contributed by atoms with Crippen LogP contribution in [0.4, 0.5) is 5.69 Å². The van der Waals surface area contributed by atoms with Crippen molar-refractivity contribution in [1.29, 1.82) is 0 Å². The molecule has 1 fully saturated rings. The Hall–Kier alpha value is -1.65. The van der Waals surface area contributed by atoms with Gasteiger partial charge in [-0.3, -0.25) is 4.79 Å². The summed E-state index contributed by atoms with van der Waals surface area (Å²) in [6.45, 7) is 7.16. The zero-order chi connectivity index (χ0) is 12.3. The summed E-state index contributed by atoms with van der Waals surface area (Å²) < 4.78 is 0. The molecule has 0 aromatic carbocycles. The second kappa shape index (κ2) is 5.12. The van der Waals surface area contributed by atoms with Crippen LogP contribution in [0.2, 0.25) is 0 Å². The standard InChI is InChI=1S/C12H18N4O/c1-10(2)12(17)16-5-3-15(4-6-16)11-7-13-9-14-8-11/h7-10H,3-6H2,1-2H3. The number of piperazine rings is 1. The largest absolute Gasteiger partial charge is 0.365 e. The van der Waals surface area contributed by atoms with Crippen LogP contribution >= 0.6 is 0 Å². The lowest BCUT2D eigenvalue weighted by molar-refractivity contribution is -0.134. The summed E-state index contributed by atoms with van der Waals surface area (Å²) in [5, 5.41) is 0. The molecule has 17 heavy (non-hydrogen) atoms. The van der Waals surface area contributed by atoms with E-state index in [0.29, 0.717) is 0 Å². The number of anilines is 1. The van der Waals surface area contributed by atoms with Gasteiger partial charge in [-0.1, -0.05) is 13.8 Å². The van der Waals surface area contributed by atoms with Gasteiger partial charge in [0.2, 0.25) is 5.91 Å². The monoisotopic (exact) mass is 234 g/mol. The Labute approximate surface area is 101 Å². The molecular weight excluding hydrogens is 216 g/mol. The van der Waals surface area contributed by atoms with E-state index in [4.69, 9.17) is 0 Å². The Balaban J connectivity index is 1.93. The maximum Gasteiger partial charge on any atom is 0.225 e. The van der Waals surface area contributed by atoms with Crippen molar-refractivity contribution in [2.24, 2.45) is 5.92 Å². The van der Waals surface area contributed by atoms with E-state index in [1.807, 2.05) is 31.1 Å². The number of amides is 1. The second-order valence-electron chi connectivity index (χ2n) is 4.56. The van der Waals surface area contributed by atoms with Crippen molar-refractivity contribution in [2.75, 3.05) is 31.1 Å². The first-order valence-electron chi connectivity index (χ1n) is 5.97. The molecule has 1 amide bonds. The van der Waals surface area contributed by atoms with Crippen molar-refractivity contribution < 1.29 is 4.79 Å². The molecule has 1 saturated heterocycles. The predicted molar refractivity (Wildman–Crippen MR) is 65.7 cm³/mol. The summed E-state index contributed by atoms with van der Waals surface area (Å²) in [5.74, 6) is 0.329. The summed E-state index contributed by atoms with van der Waals surface area (Å²) in [6.07, 6.45) is 5.15. The summed E-state index contributed by atoms with van der Waals surface area (Å²) in [7, 11) is 0. The first-order chi connectivity index (χ1) is 8.18. The van der Waals surface area contributed by atoms with Crippen molar-refractivity contribution in [3.05, 3.63) is 18.7 Å². The van der Waals surface area contributed by atoms with Gasteiger partial charge >= 0.3 is 0 Å². The van der Waals surface area contributed by atoms with Crippen molar-refractivity contribution >= 4 is 11.6 Å². The Bertz CT molecular complexity index is 371. The first-order valence-corrected chi connectivity index (χ1v) is 5.97. The molecule has 1 aromatic heterocycles. The van der Waals surface area contributed by atoms with Gasteiger partial charge in [-0.15, -0.1) is 0 Å². The number of rotatable bonds is 2. The van der Waals surface area contributed by atoms with Crippen LogP contribution in [0.15, 0.2) is 18.7 Å². The molecule has 0 N–H and O–H groups in total. The summed E-state index contributed by atoms with van der Waals surface area (Å²) in [5.41, 5.74) is 1.03. The van der Waals surface area contributed by atoms with Crippen LogP contribution in [0.1, 0.15) is 13.8 Å². The summed E-state index contributed by atoms with van der Waals surface area (Å²) in [4.78, 5) is 24.0. The van der Waals surface area contributed by atoms with Crippen molar-refractivity contribution in [3.8, 4) is 0 Å². The molecule has 0 bridgehead atoms. The van der Waals surface area contributed by atoms with Crippen LogP contribution in [-0.2, 0) is 4.79 Å². The predicted octanol–water partition coefficient (Wildman–Crippen LogP) is 0.781. The highest BCUT2D eigenvalue weighted by Crippen LogP contribution is 2.14. The highest BCUT2D eigenvalue weighted by Gasteiger charge is 2.22. The maximum atomic E-state index is 11.8. The first kappa shape index (κ1) is 11.8. The van der Waals surface area contributed by atoms with E-state index in [0.717, 1.165) is 31.9 Å². The highest BCUT2D eigenvalue weighted by atomic mass is 16.2. The fourth-order valence-corrected chi connectivity index (χ4v) is 2.00. The van der Waals surface area contributed by atoms with E-state index in [2.05, 4.69) is 14.9 Å². The SMILES string of the molecule is CC(C)C(=O)N1CCN(c2cncnc2)CC1. The van der Waals surface area contributed by atoms with Gasteiger partial charge in [-0.05, 0) is 0 Å². The van der Waals surface area contributed by atoms with Gasteiger partial charge in [0.15, 0.2) is 0 Å².